The van der Waals surface area contributed by atoms with Crippen molar-refractivity contribution in [1.82, 2.24) is 21.1 Å². The van der Waals surface area contributed by atoms with E-state index < -0.39 is 35.9 Å². The van der Waals surface area contributed by atoms with E-state index in [4.69, 9.17) is 0 Å². The molecule has 32 heavy (non-hydrogen) atoms. The summed E-state index contributed by atoms with van der Waals surface area (Å²) in [5.74, 6) is -2.19. The maximum atomic E-state index is 12.9. The number of carbonyl (C=O) groups is 4. The number of nitrogens with zero attached hydrogens (tertiary/aromatic N) is 1. The van der Waals surface area contributed by atoms with Gasteiger partial charge in [0.2, 0.25) is 11.8 Å². The summed E-state index contributed by atoms with van der Waals surface area (Å²) in [6.07, 6.45) is 5.57. The molecule has 1 aromatic rings. The molecular formula is C23H32N4O5. The Labute approximate surface area is 188 Å². The third-order valence-electron chi connectivity index (χ3n) is 5.23. The molecule has 3 atom stereocenters. The van der Waals surface area contributed by atoms with E-state index in [2.05, 4.69) is 16.1 Å². The Kier molecular flexibility index (Phi) is 9.87. The number of allylic oxidation sites excluding steroid dienone is 1. The molecule has 1 aliphatic heterocycles. The number of benzene rings is 1. The molecule has 1 aromatic carbocycles. The van der Waals surface area contributed by atoms with Gasteiger partial charge in [-0.15, -0.1) is 0 Å². The highest BCUT2D eigenvalue weighted by molar-refractivity contribution is 5.92. The number of rotatable bonds is 10. The molecule has 0 bridgehead atoms. The van der Waals surface area contributed by atoms with Crippen molar-refractivity contribution in [3.8, 4) is 0 Å². The number of nitrogens with one attached hydrogen (secondary N) is 3. The number of hydrogen-bond acceptors (Lipinski definition) is 5. The number of carbonyl (C=O) groups excluding carboxylic acids is 3. The fraction of sp³-hybridized carbons (Fsp3) is 0.478. The second-order valence-corrected chi connectivity index (χ2v) is 7.80. The van der Waals surface area contributed by atoms with Crippen LogP contribution in [0.3, 0.4) is 0 Å². The molecule has 9 heteroatoms. The van der Waals surface area contributed by atoms with Crippen LogP contribution < -0.4 is 16.1 Å². The van der Waals surface area contributed by atoms with E-state index >= 15 is 0 Å². The highest BCUT2D eigenvalue weighted by atomic mass is 16.4. The van der Waals surface area contributed by atoms with E-state index in [1.807, 2.05) is 37.3 Å². The Hall–Kier alpha value is -3.20. The van der Waals surface area contributed by atoms with Crippen LogP contribution in [0, 0.1) is 0 Å². The van der Waals surface area contributed by atoms with Crippen molar-refractivity contribution in [1.29, 1.82) is 0 Å². The lowest BCUT2D eigenvalue weighted by molar-refractivity contribution is -0.148. The molecule has 9 nitrogen and oxygen atoms in total. The van der Waals surface area contributed by atoms with Crippen molar-refractivity contribution in [3.05, 3.63) is 48.0 Å². The van der Waals surface area contributed by atoms with E-state index in [0.717, 1.165) is 5.56 Å². The van der Waals surface area contributed by atoms with Crippen LogP contribution in [0.25, 0.3) is 0 Å². The zero-order valence-corrected chi connectivity index (χ0v) is 18.5. The molecule has 3 amide bonds. The molecule has 0 spiro atoms. The number of aryl methyl sites for hydroxylation is 1. The molecule has 1 saturated heterocycles. The zero-order chi connectivity index (χ0) is 23.5. The highest BCUT2D eigenvalue weighted by Crippen LogP contribution is 2.10. The first-order chi connectivity index (χ1) is 15.3. The summed E-state index contributed by atoms with van der Waals surface area (Å²) in [6, 6.07) is 7.10. The van der Waals surface area contributed by atoms with Gasteiger partial charge in [-0.2, -0.15) is 0 Å². The zero-order valence-electron chi connectivity index (χ0n) is 18.5. The maximum Gasteiger partial charge on any atom is 0.322 e. The van der Waals surface area contributed by atoms with Crippen LogP contribution in [0.2, 0.25) is 0 Å². The number of carboxylic acids is 1. The minimum atomic E-state index is -1.02. The largest absolute Gasteiger partial charge is 0.480 e. The van der Waals surface area contributed by atoms with Gasteiger partial charge in [0.15, 0.2) is 0 Å². The predicted molar refractivity (Wildman–Crippen MR) is 119 cm³/mol. The maximum absolute atomic E-state index is 12.9. The summed E-state index contributed by atoms with van der Waals surface area (Å²) in [6.45, 7) is 3.71. The van der Waals surface area contributed by atoms with Crippen molar-refractivity contribution >= 4 is 23.7 Å². The molecule has 2 rings (SSSR count). The van der Waals surface area contributed by atoms with E-state index in [1.54, 1.807) is 19.1 Å². The van der Waals surface area contributed by atoms with Gasteiger partial charge in [0.1, 0.15) is 18.1 Å². The van der Waals surface area contributed by atoms with Gasteiger partial charge in [0, 0.05) is 13.0 Å². The lowest BCUT2D eigenvalue weighted by Gasteiger charge is -2.33. The molecule has 0 radical (unpaired) electrons. The van der Waals surface area contributed by atoms with Gasteiger partial charge in [-0.05, 0) is 45.1 Å². The Morgan fingerprint density at radius 1 is 1.22 bits per heavy atom. The SMILES string of the molecule is C/C=C/CC(=O)NC(CCc1ccccc1)C(=O)NC(C)C(=O)N1CCCC(C(=O)O)N1. The van der Waals surface area contributed by atoms with Crippen LogP contribution in [0.4, 0.5) is 0 Å². The average Bonchev–Trinajstić information content (AvgIpc) is 2.80. The highest BCUT2D eigenvalue weighted by Gasteiger charge is 2.31. The van der Waals surface area contributed by atoms with Crippen LogP contribution in [0.5, 0.6) is 0 Å². The smallest absolute Gasteiger partial charge is 0.322 e. The molecule has 1 aliphatic rings. The van der Waals surface area contributed by atoms with Gasteiger partial charge in [0.25, 0.3) is 5.91 Å². The third-order valence-corrected chi connectivity index (χ3v) is 5.23. The number of carboxylic acid groups (broad SMARTS) is 1. The minimum Gasteiger partial charge on any atom is -0.480 e. The Bertz CT molecular complexity index is 827. The monoisotopic (exact) mass is 444 g/mol. The summed E-state index contributed by atoms with van der Waals surface area (Å²) >= 11 is 0. The molecule has 0 aliphatic carbocycles. The van der Waals surface area contributed by atoms with Crippen LogP contribution in [-0.2, 0) is 25.6 Å². The molecule has 0 saturated carbocycles. The molecule has 1 fully saturated rings. The number of hydrazine groups is 1. The van der Waals surface area contributed by atoms with E-state index in [-0.39, 0.29) is 12.3 Å². The van der Waals surface area contributed by atoms with Gasteiger partial charge < -0.3 is 15.7 Å². The van der Waals surface area contributed by atoms with E-state index in [9.17, 15) is 24.3 Å². The Morgan fingerprint density at radius 3 is 2.59 bits per heavy atom. The summed E-state index contributed by atoms with van der Waals surface area (Å²) in [5.41, 5.74) is 3.73. The summed E-state index contributed by atoms with van der Waals surface area (Å²) in [5, 5.41) is 15.8. The van der Waals surface area contributed by atoms with Crippen LogP contribution in [0.15, 0.2) is 42.5 Å². The Balaban J connectivity index is 2.00. The van der Waals surface area contributed by atoms with Gasteiger partial charge in [-0.1, -0.05) is 42.5 Å². The van der Waals surface area contributed by atoms with Gasteiger partial charge in [-0.25, -0.2) is 5.43 Å². The minimum absolute atomic E-state index is 0.161. The molecule has 174 valence electrons. The van der Waals surface area contributed by atoms with Gasteiger partial charge in [-0.3, -0.25) is 24.2 Å². The topological polar surface area (TPSA) is 128 Å². The number of amides is 3. The van der Waals surface area contributed by atoms with Crippen LogP contribution >= 0.6 is 0 Å². The Morgan fingerprint density at radius 2 is 1.94 bits per heavy atom. The summed E-state index contributed by atoms with van der Waals surface area (Å²) in [7, 11) is 0. The van der Waals surface area contributed by atoms with Crippen molar-refractivity contribution in [2.45, 2.75) is 64.1 Å². The summed E-state index contributed by atoms with van der Waals surface area (Å²) < 4.78 is 0. The van der Waals surface area contributed by atoms with Gasteiger partial charge >= 0.3 is 5.97 Å². The fourth-order valence-corrected chi connectivity index (χ4v) is 3.44. The first kappa shape index (κ1) is 25.1. The molecule has 1 heterocycles. The number of hydrogen-bond donors (Lipinski definition) is 4. The van der Waals surface area contributed by atoms with Crippen molar-refractivity contribution in [3.63, 3.8) is 0 Å². The van der Waals surface area contributed by atoms with Crippen molar-refractivity contribution in [2.24, 2.45) is 0 Å². The quantitative estimate of drug-likeness (QED) is 0.401. The second-order valence-electron chi connectivity index (χ2n) is 7.80. The second kappa shape index (κ2) is 12.6. The number of aliphatic carboxylic acids is 1. The van der Waals surface area contributed by atoms with Gasteiger partial charge in [0.05, 0.1) is 0 Å². The predicted octanol–water partition coefficient (Wildman–Crippen LogP) is 1.16. The van der Waals surface area contributed by atoms with E-state index in [0.29, 0.717) is 32.2 Å². The van der Waals surface area contributed by atoms with Crippen LogP contribution in [0.1, 0.15) is 45.1 Å². The standard InChI is InChI=1S/C23H32N4O5/c1-3-4-12-20(28)25-18(14-13-17-9-6-5-7-10-17)21(29)24-16(2)22(30)27-15-8-11-19(26-27)23(31)32/h3-7,9-10,16,18-19,26H,8,11-15H2,1-2H3,(H,24,29)(H,25,28)(H,31,32)/b4-3+. The first-order valence-corrected chi connectivity index (χ1v) is 10.9. The lowest BCUT2D eigenvalue weighted by Crippen LogP contribution is -2.60. The molecule has 4 N–H and O–H groups in total. The van der Waals surface area contributed by atoms with Crippen LogP contribution in [-0.4, -0.2) is 58.5 Å². The normalized spacial score (nSPS) is 18.1. The lowest BCUT2D eigenvalue weighted by atomic mass is 10.0. The molecular weight excluding hydrogens is 412 g/mol. The van der Waals surface area contributed by atoms with E-state index in [1.165, 1.54) is 5.01 Å². The third kappa shape index (κ3) is 7.81. The molecule has 0 aromatic heterocycles. The summed E-state index contributed by atoms with van der Waals surface area (Å²) in [4.78, 5) is 49.1. The van der Waals surface area contributed by atoms with Crippen molar-refractivity contribution < 1.29 is 24.3 Å². The first-order valence-electron chi connectivity index (χ1n) is 10.9. The molecule has 3 unspecified atom stereocenters. The fourth-order valence-electron chi connectivity index (χ4n) is 3.44. The average molecular weight is 445 g/mol. The van der Waals surface area contributed by atoms with Crippen molar-refractivity contribution in [2.75, 3.05) is 6.54 Å².